The lowest BCUT2D eigenvalue weighted by Crippen LogP contribution is -2.35. The Kier molecular flexibility index (Phi) is 6.86. The number of amides is 2. The fourth-order valence-electron chi connectivity index (χ4n) is 2.25. The second kappa shape index (κ2) is 9.10. The van der Waals surface area contributed by atoms with E-state index in [-0.39, 0.29) is 37.0 Å². The predicted molar refractivity (Wildman–Crippen MR) is 97.7 cm³/mol. The van der Waals surface area contributed by atoms with E-state index in [0.29, 0.717) is 16.3 Å². The van der Waals surface area contributed by atoms with Crippen molar-refractivity contribution in [2.24, 2.45) is 0 Å². The lowest BCUT2D eigenvalue weighted by molar-refractivity contribution is -0.133. The van der Waals surface area contributed by atoms with Gasteiger partial charge in [-0.2, -0.15) is 0 Å². The van der Waals surface area contributed by atoms with Gasteiger partial charge in [0.15, 0.2) is 5.78 Å². The molecule has 26 heavy (non-hydrogen) atoms. The Labute approximate surface area is 155 Å². The molecule has 2 rings (SSSR count). The average molecular weight is 377 g/mol. The van der Waals surface area contributed by atoms with E-state index >= 15 is 0 Å². The van der Waals surface area contributed by atoms with Gasteiger partial charge in [-0.25, -0.2) is 4.39 Å². The van der Waals surface area contributed by atoms with Gasteiger partial charge in [-0.05, 0) is 36.4 Å². The van der Waals surface area contributed by atoms with Crippen molar-refractivity contribution in [2.45, 2.75) is 12.8 Å². The predicted octanol–water partition coefficient (Wildman–Crippen LogP) is 3.54. The molecule has 0 aliphatic rings. The summed E-state index contributed by atoms with van der Waals surface area (Å²) in [4.78, 5) is 37.3. The molecule has 0 heterocycles. The number of nitrogens with zero attached hydrogens (tertiary/aromatic N) is 1. The number of likely N-dealkylation sites (N-methyl/N-ethyl adjacent to an activating group) is 1. The van der Waals surface area contributed by atoms with Crippen LogP contribution in [0.1, 0.15) is 23.2 Å². The van der Waals surface area contributed by atoms with Gasteiger partial charge in [0, 0.05) is 25.5 Å². The van der Waals surface area contributed by atoms with Crippen molar-refractivity contribution in [2.75, 3.05) is 18.9 Å². The lowest BCUT2D eigenvalue weighted by atomic mass is 10.1. The Morgan fingerprint density at radius 3 is 2.35 bits per heavy atom. The number of ketones is 1. The summed E-state index contributed by atoms with van der Waals surface area (Å²) in [7, 11) is 1.48. The first-order chi connectivity index (χ1) is 12.4. The van der Waals surface area contributed by atoms with E-state index in [2.05, 4.69) is 5.32 Å². The van der Waals surface area contributed by atoms with Crippen LogP contribution in [0.3, 0.4) is 0 Å². The van der Waals surface area contributed by atoms with Gasteiger partial charge >= 0.3 is 0 Å². The largest absolute Gasteiger partial charge is 0.336 e. The molecule has 0 fully saturated rings. The molecular weight excluding hydrogens is 359 g/mol. The standard InChI is InChI=1S/C19H18ClFN2O3/c1-23(12-18(25)22-16-5-3-2-4-15(16)20)19(26)11-10-17(24)13-6-8-14(21)9-7-13/h2-9H,10-12H2,1H3,(H,22,25). The van der Waals surface area contributed by atoms with E-state index in [1.807, 2.05) is 0 Å². The number of para-hydroxylation sites is 1. The van der Waals surface area contributed by atoms with Crippen LogP contribution in [0.5, 0.6) is 0 Å². The molecule has 2 aromatic rings. The molecule has 0 spiro atoms. The number of benzene rings is 2. The quantitative estimate of drug-likeness (QED) is 0.751. The van der Waals surface area contributed by atoms with E-state index in [1.54, 1.807) is 24.3 Å². The lowest BCUT2D eigenvalue weighted by Gasteiger charge is -2.17. The first kappa shape index (κ1) is 19.6. The number of hydrogen-bond donors (Lipinski definition) is 1. The molecular formula is C19H18ClFN2O3. The zero-order valence-electron chi connectivity index (χ0n) is 14.2. The smallest absolute Gasteiger partial charge is 0.244 e. The van der Waals surface area contributed by atoms with Crippen molar-refractivity contribution in [3.63, 3.8) is 0 Å². The Morgan fingerprint density at radius 1 is 1.04 bits per heavy atom. The van der Waals surface area contributed by atoms with Crippen molar-refractivity contribution < 1.29 is 18.8 Å². The van der Waals surface area contributed by atoms with Crippen LogP contribution in [0.2, 0.25) is 5.02 Å². The first-order valence-electron chi connectivity index (χ1n) is 7.94. The van der Waals surface area contributed by atoms with Gasteiger partial charge in [0.05, 0.1) is 17.3 Å². The van der Waals surface area contributed by atoms with Crippen molar-refractivity contribution in [1.82, 2.24) is 4.90 Å². The third-order valence-electron chi connectivity index (χ3n) is 3.69. The Hall–Kier alpha value is -2.73. The van der Waals surface area contributed by atoms with Crippen LogP contribution in [-0.4, -0.2) is 36.1 Å². The zero-order chi connectivity index (χ0) is 19.1. The third kappa shape index (κ3) is 5.67. The molecule has 2 amide bonds. The molecule has 0 saturated heterocycles. The molecule has 0 radical (unpaired) electrons. The average Bonchev–Trinajstić information content (AvgIpc) is 2.61. The molecule has 7 heteroatoms. The van der Waals surface area contributed by atoms with Crippen LogP contribution < -0.4 is 5.32 Å². The Balaban J connectivity index is 1.81. The summed E-state index contributed by atoms with van der Waals surface area (Å²) in [6.45, 7) is -0.158. The van der Waals surface area contributed by atoms with Crippen LogP contribution in [0, 0.1) is 5.82 Å². The van der Waals surface area contributed by atoms with E-state index in [1.165, 1.54) is 36.2 Å². The van der Waals surface area contributed by atoms with E-state index in [0.717, 1.165) is 0 Å². The van der Waals surface area contributed by atoms with E-state index in [9.17, 15) is 18.8 Å². The summed E-state index contributed by atoms with van der Waals surface area (Å²) in [6, 6.07) is 11.9. The molecule has 0 atom stereocenters. The van der Waals surface area contributed by atoms with Crippen LogP contribution in [0.15, 0.2) is 48.5 Å². The van der Waals surface area contributed by atoms with Crippen LogP contribution in [0.4, 0.5) is 10.1 Å². The molecule has 1 N–H and O–H groups in total. The number of Topliss-reactive ketones (excluding diaryl/α,β-unsaturated/α-hetero) is 1. The van der Waals surface area contributed by atoms with Crippen molar-refractivity contribution in [3.8, 4) is 0 Å². The van der Waals surface area contributed by atoms with Crippen molar-refractivity contribution in [3.05, 3.63) is 64.9 Å². The molecule has 0 unspecified atom stereocenters. The second-order valence-electron chi connectivity index (χ2n) is 5.71. The number of carbonyl (C=O) groups excluding carboxylic acids is 3. The zero-order valence-corrected chi connectivity index (χ0v) is 14.9. The Morgan fingerprint density at radius 2 is 1.69 bits per heavy atom. The molecule has 0 saturated carbocycles. The summed E-state index contributed by atoms with van der Waals surface area (Å²) in [5, 5.41) is 3.03. The minimum absolute atomic E-state index is 0.0130. The van der Waals surface area contributed by atoms with Gasteiger partial charge in [0.25, 0.3) is 0 Å². The number of rotatable bonds is 7. The van der Waals surface area contributed by atoms with Crippen LogP contribution in [0.25, 0.3) is 0 Å². The SMILES string of the molecule is CN(CC(=O)Nc1ccccc1Cl)C(=O)CCC(=O)c1ccc(F)cc1. The summed E-state index contributed by atoms with van der Waals surface area (Å²) in [5.74, 6) is -1.41. The molecule has 0 bridgehead atoms. The van der Waals surface area contributed by atoms with Gasteiger partial charge < -0.3 is 10.2 Å². The monoisotopic (exact) mass is 376 g/mol. The minimum Gasteiger partial charge on any atom is -0.336 e. The highest BCUT2D eigenvalue weighted by atomic mass is 35.5. The van der Waals surface area contributed by atoms with Gasteiger partial charge in [0.2, 0.25) is 11.8 Å². The highest BCUT2D eigenvalue weighted by Gasteiger charge is 2.16. The fourth-order valence-corrected chi connectivity index (χ4v) is 2.43. The summed E-state index contributed by atoms with van der Waals surface area (Å²) in [6.07, 6.45) is -0.0486. The van der Waals surface area contributed by atoms with Crippen LogP contribution in [-0.2, 0) is 9.59 Å². The fraction of sp³-hybridized carbons (Fsp3) is 0.211. The Bertz CT molecular complexity index is 809. The topological polar surface area (TPSA) is 66.5 Å². The second-order valence-corrected chi connectivity index (χ2v) is 6.12. The van der Waals surface area contributed by atoms with Crippen molar-refractivity contribution in [1.29, 1.82) is 0 Å². The summed E-state index contributed by atoms with van der Waals surface area (Å²) in [5.41, 5.74) is 0.810. The van der Waals surface area contributed by atoms with Crippen molar-refractivity contribution >= 4 is 34.9 Å². The van der Waals surface area contributed by atoms with Crippen LogP contribution >= 0.6 is 11.6 Å². The number of hydrogen-bond acceptors (Lipinski definition) is 3. The van der Waals surface area contributed by atoms with Gasteiger partial charge in [-0.1, -0.05) is 23.7 Å². The third-order valence-corrected chi connectivity index (χ3v) is 4.02. The van der Waals surface area contributed by atoms with E-state index in [4.69, 9.17) is 11.6 Å². The minimum atomic E-state index is -0.429. The summed E-state index contributed by atoms with van der Waals surface area (Å²) >= 11 is 5.96. The molecule has 0 aromatic heterocycles. The number of halogens is 2. The maximum atomic E-state index is 12.9. The maximum absolute atomic E-state index is 12.9. The molecule has 0 aliphatic carbocycles. The van der Waals surface area contributed by atoms with Gasteiger partial charge in [0.1, 0.15) is 5.82 Å². The molecule has 2 aromatic carbocycles. The highest BCUT2D eigenvalue weighted by molar-refractivity contribution is 6.33. The van der Waals surface area contributed by atoms with Gasteiger partial charge in [-0.3, -0.25) is 14.4 Å². The normalized spacial score (nSPS) is 10.3. The maximum Gasteiger partial charge on any atom is 0.244 e. The molecule has 136 valence electrons. The first-order valence-corrected chi connectivity index (χ1v) is 8.31. The highest BCUT2D eigenvalue weighted by Crippen LogP contribution is 2.20. The number of nitrogens with one attached hydrogen (secondary N) is 1. The summed E-state index contributed by atoms with van der Waals surface area (Å²) < 4.78 is 12.9. The number of carbonyl (C=O) groups is 3. The molecule has 0 aliphatic heterocycles. The van der Waals surface area contributed by atoms with Gasteiger partial charge in [-0.15, -0.1) is 0 Å². The van der Waals surface area contributed by atoms with E-state index < -0.39 is 5.82 Å². The molecule has 5 nitrogen and oxygen atoms in total. The number of anilines is 1.